The molecule has 1 unspecified atom stereocenters. The highest BCUT2D eigenvalue weighted by Crippen LogP contribution is 2.38. The molecule has 6 nitrogen and oxygen atoms in total. The van der Waals surface area contributed by atoms with Crippen LogP contribution in [0.5, 0.6) is 0 Å². The minimum absolute atomic E-state index is 0.0855. The van der Waals surface area contributed by atoms with Crippen molar-refractivity contribution >= 4 is 34.7 Å². The van der Waals surface area contributed by atoms with E-state index in [1.54, 1.807) is 18.0 Å². The number of para-hydroxylation sites is 1. The molecule has 0 amide bonds. The molecule has 1 fully saturated rings. The quantitative estimate of drug-likeness (QED) is 0.827. The van der Waals surface area contributed by atoms with Gasteiger partial charge in [-0.1, -0.05) is 18.2 Å². The lowest BCUT2D eigenvalue weighted by Crippen LogP contribution is -2.34. The second-order valence-electron chi connectivity index (χ2n) is 6.91. The summed E-state index contributed by atoms with van der Waals surface area (Å²) in [5, 5.41) is 4.15. The zero-order valence-electron chi connectivity index (χ0n) is 14.7. The van der Waals surface area contributed by atoms with E-state index in [9.17, 15) is 9.59 Å². The van der Waals surface area contributed by atoms with Crippen LogP contribution < -0.4 is 5.32 Å². The molecule has 1 aliphatic heterocycles. The standard InChI is InChI=1S/C18H22N2O4S/c1-18(2,3)24-17(22)20-9-12(11-7-5-6-8-14(11)20)15-19-13(10-25-15)16(21)23-4/h5-9,13,15,19H,10H2,1-4H3/t13-,15?/m0/s1. The van der Waals surface area contributed by atoms with E-state index in [1.807, 2.05) is 45.0 Å². The van der Waals surface area contributed by atoms with Gasteiger partial charge in [0.2, 0.25) is 0 Å². The van der Waals surface area contributed by atoms with E-state index in [0.717, 1.165) is 16.5 Å². The van der Waals surface area contributed by atoms with Crippen molar-refractivity contribution in [3.63, 3.8) is 0 Å². The zero-order chi connectivity index (χ0) is 18.2. The van der Waals surface area contributed by atoms with Crippen LogP contribution in [-0.2, 0) is 14.3 Å². The van der Waals surface area contributed by atoms with Gasteiger partial charge in [-0.25, -0.2) is 4.79 Å². The molecule has 1 aliphatic rings. The van der Waals surface area contributed by atoms with Crippen LogP contribution in [0.2, 0.25) is 0 Å². The monoisotopic (exact) mass is 362 g/mol. The van der Waals surface area contributed by atoms with E-state index in [4.69, 9.17) is 9.47 Å². The fourth-order valence-electron chi connectivity index (χ4n) is 2.81. The molecular formula is C18H22N2O4S. The first kappa shape index (κ1) is 17.8. The molecule has 1 aromatic carbocycles. The Bertz CT molecular complexity index is 809. The highest BCUT2D eigenvalue weighted by Gasteiger charge is 2.33. The molecule has 0 aliphatic carbocycles. The van der Waals surface area contributed by atoms with E-state index in [1.165, 1.54) is 11.7 Å². The highest BCUT2D eigenvalue weighted by atomic mass is 32.2. The summed E-state index contributed by atoms with van der Waals surface area (Å²) in [6, 6.07) is 7.34. The van der Waals surface area contributed by atoms with Crippen molar-refractivity contribution in [1.29, 1.82) is 0 Å². The van der Waals surface area contributed by atoms with Crippen LogP contribution in [0.3, 0.4) is 0 Å². The lowest BCUT2D eigenvalue weighted by Gasteiger charge is -2.19. The first-order valence-corrected chi connectivity index (χ1v) is 9.14. The van der Waals surface area contributed by atoms with E-state index in [0.29, 0.717) is 5.75 Å². The van der Waals surface area contributed by atoms with Gasteiger partial charge in [0.15, 0.2) is 0 Å². The van der Waals surface area contributed by atoms with Gasteiger partial charge in [-0.3, -0.25) is 14.7 Å². The molecule has 2 aromatic rings. The van der Waals surface area contributed by atoms with Crippen LogP contribution >= 0.6 is 11.8 Å². The molecule has 3 rings (SSSR count). The Morgan fingerprint density at radius 1 is 1.28 bits per heavy atom. The first-order valence-electron chi connectivity index (χ1n) is 8.09. The molecule has 0 bridgehead atoms. The molecule has 25 heavy (non-hydrogen) atoms. The lowest BCUT2D eigenvalue weighted by molar-refractivity contribution is -0.142. The second-order valence-corrected chi connectivity index (χ2v) is 8.05. The van der Waals surface area contributed by atoms with Crippen molar-refractivity contribution in [3.05, 3.63) is 36.0 Å². The van der Waals surface area contributed by atoms with Gasteiger partial charge in [0.05, 0.1) is 18.0 Å². The number of nitrogens with zero attached hydrogens (tertiary/aromatic N) is 1. The number of hydrogen-bond acceptors (Lipinski definition) is 6. The van der Waals surface area contributed by atoms with Gasteiger partial charge in [0.25, 0.3) is 0 Å². The molecule has 0 spiro atoms. The Hall–Kier alpha value is -1.99. The van der Waals surface area contributed by atoms with Gasteiger partial charge in [-0.2, -0.15) is 0 Å². The largest absolute Gasteiger partial charge is 0.468 e. The number of benzene rings is 1. The van der Waals surface area contributed by atoms with Crippen LogP contribution in [0.15, 0.2) is 30.5 Å². The Kier molecular flexibility index (Phi) is 4.79. The van der Waals surface area contributed by atoms with Gasteiger partial charge in [-0.15, -0.1) is 11.8 Å². The van der Waals surface area contributed by atoms with Crippen LogP contribution in [0.25, 0.3) is 10.9 Å². The Morgan fingerprint density at radius 2 is 2.00 bits per heavy atom. The van der Waals surface area contributed by atoms with Gasteiger partial charge < -0.3 is 9.47 Å². The summed E-state index contributed by atoms with van der Waals surface area (Å²) in [7, 11) is 1.39. The number of fused-ring (bicyclic) bond motifs is 1. The van der Waals surface area contributed by atoms with Gasteiger partial charge in [0, 0.05) is 22.9 Å². The molecule has 2 heterocycles. The summed E-state index contributed by atoms with van der Waals surface area (Å²) in [5.74, 6) is 0.356. The minimum Gasteiger partial charge on any atom is -0.468 e. The normalized spacial score (nSPS) is 20.6. The van der Waals surface area contributed by atoms with Crippen molar-refractivity contribution in [2.45, 2.75) is 37.8 Å². The van der Waals surface area contributed by atoms with E-state index < -0.39 is 11.7 Å². The number of hydrogen-bond donors (Lipinski definition) is 1. The van der Waals surface area contributed by atoms with E-state index in [2.05, 4.69) is 5.32 Å². The van der Waals surface area contributed by atoms with Crippen molar-refractivity contribution < 1.29 is 19.1 Å². The molecule has 0 radical (unpaired) electrons. The summed E-state index contributed by atoms with van der Waals surface area (Å²) in [6.45, 7) is 5.52. The van der Waals surface area contributed by atoms with Crippen molar-refractivity contribution in [1.82, 2.24) is 9.88 Å². The zero-order valence-corrected chi connectivity index (χ0v) is 15.6. The molecule has 1 aromatic heterocycles. The van der Waals surface area contributed by atoms with Crippen LogP contribution in [0, 0.1) is 0 Å². The summed E-state index contributed by atoms with van der Waals surface area (Å²) >= 11 is 1.62. The molecule has 1 saturated heterocycles. The molecule has 134 valence electrons. The van der Waals surface area contributed by atoms with Crippen LogP contribution in [-0.4, -0.2) is 41.1 Å². The fraction of sp³-hybridized carbons (Fsp3) is 0.444. The second kappa shape index (κ2) is 6.72. The van der Waals surface area contributed by atoms with Gasteiger partial charge in [-0.05, 0) is 26.8 Å². The topological polar surface area (TPSA) is 69.6 Å². The highest BCUT2D eigenvalue weighted by molar-refractivity contribution is 7.99. The molecule has 0 saturated carbocycles. The average Bonchev–Trinajstić information content (AvgIpc) is 3.17. The average molecular weight is 362 g/mol. The van der Waals surface area contributed by atoms with E-state index >= 15 is 0 Å². The van der Waals surface area contributed by atoms with E-state index in [-0.39, 0.29) is 17.4 Å². The first-order chi connectivity index (χ1) is 11.8. The number of esters is 1. The maximum absolute atomic E-state index is 12.6. The lowest BCUT2D eigenvalue weighted by atomic mass is 10.1. The maximum atomic E-state index is 12.6. The molecule has 2 atom stereocenters. The number of carbonyl (C=O) groups excluding carboxylic acids is 2. The van der Waals surface area contributed by atoms with Crippen LogP contribution in [0.1, 0.15) is 31.7 Å². The number of carbonyl (C=O) groups is 2. The van der Waals surface area contributed by atoms with Gasteiger partial charge >= 0.3 is 12.1 Å². The predicted molar refractivity (Wildman–Crippen MR) is 97.7 cm³/mol. The van der Waals surface area contributed by atoms with Crippen LogP contribution in [0.4, 0.5) is 4.79 Å². The summed E-state index contributed by atoms with van der Waals surface area (Å²) in [4.78, 5) is 24.3. The van der Waals surface area contributed by atoms with Crippen molar-refractivity contribution in [2.75, 3.05) is 12.9 Å². The maximum Gasteiger partial charge on any atom is 0.419 e. The molecular weight excluding hydrogens is 340 g/mol. The number of aromatic nitrogens is 1. The minimum atomic E-state index is -0.570. The Balaban J connectivity index is 1.95. The summed E-state index contributed by atoms with van der Waals surface area (Å²) < 4.78 is 11.8. The van der Waals surface area contributed by atoms with Gasteiger partial charge in [0.1, 0.15) is 11.6 Å². The smallest absolute Gasteiger partial charge is 0.419 e. The van der Waals surface area contributed by atoms with Crippen molar-refractivity contribution in [2.24, 2.45) is 0 Å². The fourth-order valence-corrected chi connectivity index (χ4v) is 4.05. The molecule has 7 heteroatoms. The Labute approximate surface area is 150 Å². The molecule has 1 N–H and O–H groups in total. The number of ether oxygens (including phenoxy) is 2. The number of methoxy groups -OCH3 is 1. The SMILES string of the molecule is COC(=O)[C@@H]1CSC(c2cn(C(=O)OC(C)(C)C)c3ccccc23)N1. The number of nitrogens with one attached hydrogen (secondary N) is 1. The number of rotatable bonds is 2. The van der Waals surface area contributed by atoms with Crippen molar-refractivity contribution in [3.8, 4) is 0 Å². The summed E-state index contributed by atoms with van der Waals surface area (Å²) in [6.07, 6.45) is 1.38. The summed E-state index contributed by atoms with van der Waals surface area (Å²) in [5.41, 5.74) is 1.17. The third-order valence-corrected chi connectivity index (χ3v) is 5.13. The predicted octanol–water partition coefficient (Wildman–Crippen LogP) is 3.30. The Morgan fingerprint density at radius 3 is 2.68 bits per heavy atom. The third-order valence-electron chi connectivity index (χ3n) is 3.88. The third kappa shape index (κ3) is 3.67. The number of thioether (sulfide) groups is 1.